The summed E-state index contributed by atoms with van der Waals surface area (Å²) in [6.45, 7) is 3.17. The van der Waals surface area contributed by atoms with Gasteiger partial charge < -0.3 is 10.4 Å². The molecule has 1 aromatic rings. The van der Waals surface area contributed by atoms with Crippen molar-refractivity contribution < 1.29 is 13.4 Å². The molecule has 0 radical (unpaired) electrons. The topological polar surface area (TPSA) is 49.3 Å². The van der Waals surface area contributed by atoms with E-state index in [0.717, 1.165) is 29.7 Å². The van der Waals surface area contributed by atoms with Gasteiger partial charge in [-0.15, -0.1) is 3.52 Å². The molecule has 4 nitrogen and oxygen atoms in total. The van der Waals surface area contributed by atoms with Crippen molar-refractivity contribution >= 4 is 35.1 Å². The Morgan fingerprint density at radius 3 is 2.86 bits per heavy atom. The van der Waals surface area contributed by atoms with Gasteiger partial charge in [0.15, 0.2) is 23.6 Å². The molecular formula is C15H21Cl2N2O2+. The summed E-state index contributed by atoms with van der Waals surface area (Å²) in [6, 6.07) is 5.70. The number of aliphatic hydroxyl groups excluding tert-OH is 1. The van der Waals surface area contributed by atoms with Gasteiger partial charge in [0, 0.05) is 18.5 Å². The first-order chi connectivity index (χ1) is 9.91. The molecule has 116 valence electrons. The molecular weight excluding hydrogens is 311 g/mol. The molecule has 1 aliphatic heterocycles. The van der Waals surface area contributed by atoms with E-state index in [1.54, 1.807) is 0 Å². The van der Waals surface area contributed by atoms with Crippen molar-refractivity contribution in [3.05, 3.63) is 29.3 Å². The largest absolute Gasteiger partial charge is 0.388 e. The highest BCUT2D eigenvalue weighted by Gasteiger charge is 2.22. The van der Waals surface area contributed by atoms with Crippen molar-refractivity contribution in [2.24, 2.45) is 0 Å². The second kappa shape index (κ2) is 6.97. The molecule has 1 amide bonds. The number of hydrogen-bond acceptors (Lipinski definition) is 2. The lowest BCUT2D eigenvalue weighted by Gasteiger charge is -2.20. The lowest BCUT2D eigenvalue weighted by molar-refractivity contribution is -0.688. The predicted octanol–water partition coefficient (Wildman–Crippen LogP) is 3.53. The van der Waals surface area contributed by atoms with Gasteiger partial charge in [0.2, 0.25) is 5.91 Å². The van der Waals surface area contributed by atoms with Crippen LogP contribution in [0.5, 0.6) is 0 Å². The van der Waals surface area contributed by atoms with Gasteiger partial charge in [0.05, 0.1) is 6.10 Å². The van der Waals surface area contributed by atoms with Gasteiger partial charge in [0.1, 0.15) is 13.1 Å². The van der Waals surface area contributed by atoms with Crippen LogP contribution >= 0.6 is 23.6 Å². The van der Waals surface area contributed by atoms with Crippen LogP contribution < -0.4 is 5.32 Å². The van der Waals surface area contributed by atoms with E-state index in [0.29, 0.717) is 25.9 Å². The summed E-state index contributed by atoms with van der Waals surface area (Å²) < 4.78 is -0.0665. The summed E-state index contributed by atoms with van der Waals surface area (Å²) in [7, 11) is 0. The average Bonchev–Trinajstić information content (AvgIpc) is 2.46. The van der Waals surface area contributed by atoms with Crippen LogP contribution in [0.1, 0.15) is 43.4 Å². The fourth-order valence-corrected chi connectivity index (χ4v) is 2.69. The van der Waals surface area contributed by atoms with Crippen LogP contribution in [0.4, 0.5) is 5.69 Å². The molecule has 0 saturated heterocycles. The lowest BCUT2D eigenvalue weighted by atomic mass is 9.97. The van der Waals surface area contributed by atoms with Gasteiger partial charge in [-0.05, 0) is 37.0 Å². The number of quaternary nitrogens is 1. The zero-order valence-electron chi connectivity index (χ0n) is 12.1. The van der Waals surface area contributed by atoms with E-state index < -0.39 is 6.10 Å². The summed E-state index contributed by atoms with van der Waals surface area (Å²) in [4.78, 5) is 11.3. The molecule has 0 spiro atoms. The number of halogens is 2. The Morgan fingerprint density at radius 2 is 2.14 bits per heavy atom. The molecule has 1 heterocycles. The third-order valence-electron chi connectivity index (χ3n) is 3.84. The number of nitrogens with one attached hydrogen (secondary N) is 1. The number of fused-ring (bicyclic) bond motifs is 1. The highest BCUT2D eigenvalue weighted by atomic mass is 35.5. The number of aliphatic hydroxyl groups is 1. The SMILES string of the molecule is CC[N+](Cl)(Cl)CCCC(O)c1ccc2c(c1)CCC(=O)N2. The highest BCUT2D eigenvalue weighted by molar-refractivity contribution is 6.23. The number of anilines is 1. The second-order valence-corrected chi connectivity index (χ2v) is 6.90. The van der Waals surface area contributed by atoms with Gasteiger partial charge in [-0.3, -0.25) is 4.79 Å². The van der Waals surface area contributed by atoms with E-state index in [-0.39, 0.29) is 9.43 Å². The molecule has 1 aromatic carbocycles. The summed E-state index contributed by atoms with van der Waals surface area (Å²) in [5, 5.41) is 13.1. The van der Waals surface area contributed by atoms with Crippen molar-refractivity contribution in [3.63, 3.8) is 0 Å². The van der Waals surface area contributed by atoms with Crippen LogP contribution in [-0.2, 0) is 11.2 Å². The number of nitrogens with zero attached hydrogens (tertiary/aromatic N) is 1. The van der Waals surface area contributed by atoms with Crippen LogP contribution in [0.2, 0.25) is 0 Å². The van der Waals surface area contributed by atoms with Crippen molar-refractivity contribution in [3.8, 4) is 0 Å². The maximum atomic E-state index is 11.3. The maximum Gasteiger partial charge on any atom is 0.224 e. The number of carbonyl (C=O) groups excluding carboxylic acids is 1. The van der Waals surface area contributed by atoms with Crippen LogP contribution in [0.25, 0.3) is 0 Å². The fourth-order valence-electron chi connectivity index (χ4n) is 2.45. The lowest BCUT2D eigenvalue weighted by Crippen LogP contribution is -2.27. The Hall–Kier alpha value is -0.810. The molecule has 21 heavy (non-hydrogen) atoms. The van der Waals surface area contributed by atoms with E-state index in [9.17, 15) is 9.90 Å². The second-order valence-electron chi connectivity index (χ2n) is 5.43. The molecule has 1 aliphatic rings. The van der Waals surface area contributed by atoms with Crippen LogP contribution in [-0.4, -0.2) is 27.6 Å². The summed E-state index contributed by atoms with van der Waals surface area (Å²) in [5.41, 5.74) is 2.81. The molecule has 2 N–H and O–H groups in total. The number of rotatable bonds is 6. The molecule has 0 aromatic heterocycles. The molecule has 1 unspecified atom stereocenters. The molecule has 0 bridgehead atoms. The molecule has 2 rings (SSSR count). The zero-order valence-corrected chi connectivity index (χ0v) is 13.6. The quantitative estimate of drug-likeness (QED) is 0.783. The Morgan fingerprint density at radius 1 is 1.38 bits per heavy atom. The number of amides is 1. The first-order valence-electron chi connectivity index (χ1n) is 7.28. The first kappa shape index (κ1) is 16.6. The number of hydrogen-bond donors (Lipinski definition) is 2. The maximum absolute atomic E-state index is 11.3. The Bertz CT molecular complexity index is 520. The Labute approximate surface area is 135 Å². The van der Waals surface area contributed by atoms with Crippen LogP contribution in [0, 0.1) is 0 Å². The van der Waals surface area contributed by atoms with E-state index in [1.807, 2.05) is 25.1 Å². The first-order valence-corrected chi connectivity index (χ1v) is 7.96. The third-order valence-corrected chi connectivity index (χ3v) is 4.65. The highest BCUT2D eigenvalue weighted by Crippen LogP contribution is 2.28. The Balaban J connectivity index is 1.94. The molecule has 6 heteroatoms. The molecule has 1 atom stereocenters. The Kier molecular flexibility index (Phi) is 5.49. The minimum atomic E-state index is -0.530. The van der Waals surface area contributed by atoms with E-state index >= 15 is 0 Å². The van der Waals surface area contributed by atoms with Crippen LogP contribution in [0.15, 0.2) is 18.2 Å². The van der Waals surface area contributed by atoms with Gasteiger partial charge in [-0.25, -0.2) is 0 Å². The predicted molar refractivity (Wildman–Crippen MR) is 85.0 cm³/mol. The van der Waals surface area contributed by atoms with Crippen molar-refractivity contribution in [1.29, 1.82) is 0 Å². The number of carbonyl (C=O) groups is 1. The molecule has 0 fully saturated rings. The fraction of sp³-hybridized carbons (Fsp3) is 0.533. The normalized spacial score (nSPS) is 16.3. The number of aryl methyl sites for hydroxylation is 1. The van der Waals surface area contributed by atoms with Crippen LogP contribution in [0.3, 0.4) is 0 Å². The van der Waals surface area contributed by atoms with Crippen molar-refractivity contribution in [2.45, 2.75) is 38.7 Å². The summed E-state index contributed by atoms with van der Waals surface area (Å²) >= 11 is 12.1. The van der Waals surface area contributed by atoms with Gasteiger partial charge >= 0.3 is 0 Å². The zero-order chi connectivity index (χ0) is 15.5. The average molecular weight is 332 g/mol. The summed E-state index contributed by atoms with van der Waals surface area (Å²) in [5.74, 6) is 0.0497. The molecule has 0 saturated carbocycles. The van der Waals surface area contributed by atoms with E-state index in [4.69, 9.17) is 23.6 Å². The summed E-state index contributed by atoms with van der Waals surface area (Å²) in [6.07, 6.45) is 2.06. The molecule has 0 aliphatic carbocycles. The smallest absolute Gasteiger partial charge is 0.224 e. The van der Waals surface area contributed by atoms with Gasteiger partial charge in [-0.2, -0.15) is 0 Å². The minimum Gasteiger partial charge on any atom is -0.388 e. The standard InChI is InChI=1S/C15H20Cl2N2O2/c1-2-19(16,17)9-3-4-14(20)12-5-7-13-11(10-12)6-8-15(21)18-13/h5,7,10,14,20H,2-4,6,8-9H2,1H3/p+1. The number of benzene rings is 1. The van der Waals surface area contributed by atoms with E-state index in [1.165, 1.54) is 0 Å². The van der Waals surface area contributed by atoms with Crippen molar-refractivity contribution in [2.75, 3.05) is 18.4 Å². The monoisotopic (exact) mass is 331 g/mol. The minimum absolute atomic E-state index is 0.0497. The van der Waals surface area contributed by atoms with E-state index in [2.05, 4.69) is 5.32 Å². The van der Waals surface area contributed by atoms with Crippen molar-refractivity contribution in [1.82, 2.24) is 0 Å². The third kappa shape index (κ3) is 4.58. The van der Waals surface area contributed by atoms with Gasteiger partial charge in [-0.1, -0.05) is 12.1 Å². The van der Waals surface area contributed by atoms with Gasteiger partial charge in [0.25, 0.3) is 0 Å².